The van der Waals surface area contributed by atoms with E-state index in [0.717, 1.165) is 35.2 Å². The van der Waals surface area contributed by atoms with Crippen LogP contribution in [0.5, 0.6) is 5.75 Å². The molecular formula is C17H23BrO2. The van der Waals surface area contributed by atoms with Crippen molar-refractivity contribution < 1.29 is 9.53 Å². The highest BCUT2D eigenvalue weighted by Crippen LogP contribution is 2.33. The zero-order chi connectivity index (χ0) is 14.4. The number of carbonyl (C=O) groups excluding carboxylic acids is 1. The molecular weight excluding hydrogens is 316 g/mol. The molecule has 1 aliphatic heterocycles. The van der Waals surface area contributed by atoms with Crippen LogP contribution in [0.4, 0.5) is 0 Å². The van der Waals surface area contributed by atoms with Crippen LogP contribution in [-0.4, -0.2) is 12.4 Å². The molecule has 0 aliphatic carbocycles. The highest BCUT2D eigenvalue weighted by molar-refractivity contribution is 9.10. The first-order valence-corrected chi connectivity index (χ1v) is 8.45. The molecule has 0 atom stereocenters. The summed E-state index contributed by atoms with van der Waals surface area (Å²) in [6.45, 7) is 2.95. The van der Waals surface area contributed by atoms with Crippen molar-refractivity contribution in [3.05, 3.63) is 27.7 Å². The monoisotopic (exact) mass is 338 g/mol. The van der Waals surface area contributed by atoms with Crippen LogP contribution in [0, 0.1) is 0 Å². The van der Waals surface area contributed by atoms with Crippen LogP contribution in [0.1, 0.15) is 56.6 Å². The van der Waals surface area contributed by atoms with Gasteiger partial charge in [0.05, 0.1) is 6.61 Å². The summed E-state index contributed by atoms with van der Waals surface area (Å²) in [4.78, 5) is 12.1. The molecule has 0 saturated heterocycles. The van der Waals surface area contributed by atoms with Crippen molar-refractivity contribution in [3.63, 3.8) is 0 Å². The van der Waals surface area contributed by atoms with Crippen molar-refractivity contribution in [2.45, 2.75) is 58.3 Å². The van der Waals surface area contributed by atoms with Gasteiger partial charge in [0.2, 0.25) is 0 Å². The van der Waals surface area contributed by atoms with E-state index in [4.69, 9.17) is 4.74 Å². The SMILES string of the molecule is CCCCCCCC(=O)Cc1cc(Br)cc2c1OCC2. The minimum absolute atomic E-state index is 0.331. The van der Waals surface area contributed by atoms with Crippen molar-refractivity contribution in [3.8, 4) is 5.75 Å². The molecule has 0 fully saturated rings. The Balaban J connectivity index is 1.85. The number of hydrogen-bond acceptors (Lipinski definition) is 2. The second kappa shape index (κ2) is 7.82. The largest absolute Gasteiger partial charge is 0.493 e. The van der Waals surface area contributed by atoms with Gasteiger partial charge in [-0.25, -0.2) is 0 Å². The van der Waals surface area contributed by atoms with Gasteiger partial charge in [0, 0.05) is 29.3 Å². The van der Waals surface area contributed by atoms with Gasteiger partial charge in [0.1, 0.15) is 11.5 Å². The van der Waals surface area contributed by atoms with Gasteiger partial charge in [-0.3, -0.25) is 4.79 Å². The summed E-state index contributed by atoms with van der Waals surface area (Å²) in [7, 11) is 0. The third kappa shape index (κ3) is 4.34. The third-order valence-corrected chi connectivity index (χ3v) is 4.23. The molecule has 0 spiro atoms. The summed E-state index contributed by atoms with van der Waals surface area (Å²) < 4.78 is 6.72. The minimum Gasteiger partial charge on any atom is -0.493 e. The summed E-state index contributed by atoms with van der Waals surface area (Å²) in [5, 5.41) is 0. The smallest absolute Gasteiger partial charge is 0.137 e. The molecule has 0 bridgehead atoms. The van der Waals surface area contributed by atoms with Crippen molar-refractivity contribution in [1.29, 1.82) is 0 Å². The molecule has 1 aromatic rings. The third-order valence-electron chi connectivity index (χ3n) is 3.77. The Morgan fingerprint density at radius 3 is 2.85 bits per heavy atom. The van der Waals surface area contributed by atoms with Gasteiger partial charge in [-0.1, -0.05) is 48.5 Å². The topological polar surface area (TPSA) is 26.3 Å². The molecule has 0 aromatic heterocycles. The van der Waals surface area contributed by atoms with E-state index in [-0.39, 0.29) is 0 Å². The summed E-state index contributed by atoms with van der Waals surface area (Å²) in [6, 6.07) is 4.13. The number of carbonyl (C=O) groups is 1. The Kier molecular flexibility index (Phi) is 6.08. The Hall–Kier alpha value is -0.830. The Morgan fingerprint density at radius 2 is 2.05 bits per heavy atom. The average Bonchev–Trinajstić information content (AvgIpc) is 2.86. The number of rotatable bonds is 8. The lowest BCUT2D eigenvalue weighted by Gasteiger charge is -2.08. The second-order valence-corrected chi connectivity index (χ2v) is 6.45. The van der Waals surface area contributed by atoms with E-state index in [0.29, 0.717) is 18.6 Å². The van der Waals surface area contributed by atoms with Crippen LogP contribution in [0.25, 0.3) is 0 Å². The van der Waals surface area contributed by atoms with Crippen molar-refractivity contribution in [2.24, 2.45) is 0 Å². The number of fused-ring (bicyclic) bond motifs is 1. The van der Waals surface area contributed by atoms with Crippen LogP contribution in [0.3, 0.4) is 0 Å². The number of hydrogen-bond donors (Lipinski definition) is 0. The van der Waals surface area contributed by atoms with E-state index < -0.39 is 0 Å². The molecule has 0 radical (unpaired) electrons. The van der Waals surface area contributed by atoms with E-state index in [2.05, 4.69) is 28.9 Å². The van der Waals surface area contributed by atoms with Crippen LogP contribution in [0.2, 0.25) is 0 Å². The molecule has 0 N–H and O–H groups in total. The normalized spacial score (nSPS) is 13.1. The van der Waals surface area contributed by atoms with Crippen LogP contribution in [0.15, 0.2) is 16.6 Å². The standard InChI is InChI=1S/C17H23BrO2/c1-2-3-4-5-6-7-16(19)12-14-11-15(18)10-13-8-9-20-17(13)14/h10-11H,2-9,12H2,1H3. The Labute approximate surface area is 130 Å². The van der Waals surface area contributed by atoms with Crippen LogP contribution in [-0.2, 0) is 17.6 Å². The predicted molar refractivity (Wildman–Crippen MR) is 85.4 cm³/mol. The zero-order valence-corrected chi connectivity index (χ0v) is 13.8. The van der Waals surface area contributed by atoms with Crippen LogP contribution < -0.4 is 4.74 Å². The number of ketones is 1. The maximum Gasteiger partial charge on any atom is 0.137 e. The molecule has 0 amide bonds. The first kappa shape index (κ1) is 15.6. The van der Waals surface area contributed by atoms with Crippen LogP contribution >= 0.6 is 15.9 Å². The minimum atomic E-state index is 0.331. The zero-order valence-electron chi connectivity index (χ0n) is 12.2. The van der Waals surface area contributed by atoms with Gasteiger partial charge in [-0.2, -0.15) is 0 Å². The number of benzene rings is 1. The van der Waals surface area contributed by atoms with Crippen molar-refractivity contribution >= 4 is 21.7 Å². The fourth-order valence-corrected chi connectivity index (χ4v) is 3.26. The lowest BCUT2D eigenvalue weighted by molar-refractivity contribution is -0.118. The van der Waals surface area contributed by atoms with Crippen molar-refractivity contribution in [1.82, 2.24) is 0 Å². The van der Waals surface area contributed by atoms with E-state index in [1.54, 1.807) is 0 Å². The summed E-state index contributed by atoms with van der Waals surface area (Å²) in [6.07, 6.45) is 8.13. The van der Waals surface area contributed by atoms with Gasteiger partial charge in [0.15, 0.2) is 0 Å². The van der Waals surface area contributed by atoms with E-state index in [9.17, 15) is 4.79 Å². The summed E-state index contributed by atoms with van der Waals surface area (Å²) in [5.41, 5.74) is 2.27. The van der Waals surface area contributed by atoms with Gasteiger partial charge >= 0.3 is 0 Å². The van der Waals surface area contributed by atoms with Gasteiger partial charge < -0.3 is 4.74 Å². The first-order valence-electron chi connectivity index (χ1n) is 7.66. The summed E-state index contributed by atoms with van der Waals surface area (Å²) >= 11 is 3.52. The van der Waals surface area contributed by atoms with Crippen molar-refractivity contribution in [2.75, 3.05) is 6.61 Å². The summed E-state index contributed by atoms with van der Waals surface area (Å²) in [5.74, 6) is 1.28. The highest BCUT2D eigenvalue weighted by atomic mass is 79.9. The van der Waals surface area contributed by atoms with Gasteiger partial charge in [0.25, 0.3) is 0 Å². The van der Waals surface area contributed by atoms with E-state index in [1.165, 1.54) is 31.2 Å². The quantitative estimate of drug-likeness (QED) is 0.633. The molecule has 1 heterocycles. The average molecular weight is 339 g/mol. The molecule has 2 nitrogen and oxygen atoms in total. The number of Topliss-reactive ketones (excluding diaryl/α,β-unsaturated/α-hetero) is 1. The molecule has 1 aromatic carbocycles. The fraction of sp³-hybridized carbons (Fsp3) is 0.588. The number of unbranched alkanes of at least 4 members (excludes halogenated alkanes) is 4. The number of ether oxygens (including phenoxy) is 1. The maximum absolute atomic E-state index is 12.1. The number of halogens is 1. The van der Waals surface area contributed by atoms with E-state index >= 15 is 0 Å². The molecule has 0 saturated carbocycles. The highest BCUT2D eigenvalue weighted by Gasteiger charge is 2.18. The Morgan fingerprint density at radius 1 is 1.25 bits per heavy atom. The lowest BCUT2D eigenvalue weighted by Crippen LogP contribution is -2.04. The molecule has 2 rings (SSSR count). The molecule has 20 heavy (non-hydrogen) atoms. The second-order valence-electron chi connectivity index (χ2n) is 5.53. The van der Waals surface area contributed by atoms with Gasteiger partial charge in [-0.05, 0) is 24.1 Å². The first-order chi connectivity index (χ1) is 9.70. The fourth-order valence-electron chi connectivity index (χ4n) is 2.70. The molecule has 3 heteroatoms. The molecule has 0 unspecified atom stereocenters. The Bertz CT molecular complexity index is 468. The van der Waals surface area contributed by atoms with E-state index in [1.807, 2.05) is 6.07 Å². The molecule has 1 aliphatic rings. The van der Waals surface area contributed by atoms with Gasteiger partial charge in [-0.15, -0.1) is 0 Å². The molecule has 110 valence electrons. The predicted octanol–water partition coefficient (Wildman–Crippen LogP) is 4.86. The lowest BCUT2D eigenvalue weighted by atomic mass is 10.0. The maximum atomic E-state index is 12.1.